The van der Waals surface area contributed by atoms with Crippen LogP contribution < -0.4 is 11.3 Å². The van der Waals surface area contributed by atoms with Gasteiger partial charge in [0.2, 0.25) is 5.13 Å². The fourth-order valence-corrected chi connectivity index (χ4v) is 3.40. The van der Waals surface area contributed by atoms with Crippen molar-refractivity contribution in [1.29, 1.82) is 0 Å². The number of hydrogen-bond donors (Lipinski definition) is 2. The van der Waals surface area contributed by atoms with Crippen LogP contribution in [0, 0.1) is 5.41 Å². The minimum atomic E-state index is 0.585. The smallest absolute Gasteiger partial charge is 0.219 e. The highest BCUT2D eigenvalue weighted by molar-refractivity contribution is 7.15. The zero-order valence-electron chi connectivity index (χ0n) is 11.3. The number of likely N-dealkylation sites (tertiary alicyclic amines) is 1. The van der Waals surface area contributed by atoms with Gasteiger partial charge in [0, 0.05) is 0 Å². The van der Waals surface area contributed by atoms with Crippen LogP contribution in [0.2, 0.25) is 0 Å². The third-order valence-corrected chi connectivity index (χ3v) is 5.21. The molecular weight excluding hydrogens is 246 g/mol. The van der Waals surface area contributed by atoms with Gasteiger partial charge in [-0.05, 0) is 31.3 Å². The maximum atomic E-state index is 5.31. The summed E-state index contributed by atoms with van der Waals surface area (Å²) in [6.45, 7) is 7.90. The van der Waals surface area contributed by atoms with Crippen molar-refractivity contribution in [3.8, 4) is 0 Å². The summed E-state index contributed by atoms with van der Waals surface area (Å²) in [7, 11) is 0. The zero-order valence-corrected chi connectivity index (χ0v) is 12.1. The molecule has 18 heavy (non-hydrogen) atoms. The Labute approximate surface area is 113 Å². The van der Waals surface area contributed by atoms with Crippen molar-refractivity contribution in [3.05, 3.63) is 5.01 Å². The minimum Gasteiger partial charge on any atom is -0.298 e. The second-order valence-corrected chi connectivity index (χ2v) is 6.19. The van der Waals surface area contributed by atoms with E-state index in [0.29, 0.717) is 10.5 Å². The summed E-state index contributed by atoms with van der Waals surface area (Å²) in [5.74, 6) is 5.31. The third kappa shape index (κ3) is 2.99. The Bertz CT molecular complexity index is 364. The molecule has 0 aromatic carbocycles. The maximum Gasteiger partial charge on any atom is 0.219 e. The van der Waals surface area contributed by atoms with Crippen LogP contribution in [0.3, 0.4) is 0 Å². The molecular formula is C12H23N5S. The van der Waals surface area contributed by atoms with Gasteiger partial charge in [0.15, 0.2) is 0 Å². The number of nitrogens with one attached hydrogen (secondary N) is 1. The number of hydrazine groups is 1. The Morgan fingerprint density at radius 2 is 1.94 bits per heavy atom. The summed E-state index contributed by atoms with van der Waals surface area (Å²) < 4.78 is 0. The SMILES string of the molecule is CCC1(CC)CCN(Cc2nnc(NN)s2)CC1. The first-order valence-corrected chi connectivity index (χ1v) is 7.54. The van der Waals surface area contributed by atoms with Gasteiger partial charge in [-0.3, -0.25) is 10.3 Å². The van der Waals surface area contributed by atoms with Crippen LogP contribution in [0.25, 0.3) is 0 Å². The van der Waals surface area contributed by atoms with Gasteiger partial charge in [0.05, 0.1) is 6.54 Å². The molecule has 0 saturated carbocycles. The number of piperidine rings is 1. The van der Waals surface area contributed by atoms with Gasteiger partial charge in [0.25, 0.3) is 0 Å². The zero-order chi connectivity index (χ0) is 13.0. The van der Waals surface area contributed by atoms with Gasteiger partial charge < -0.3 is 0 Å². The van der Waals surface area contributed by atoms with E-state index in [1.165, 1.54) is 50.1 Å². The van der Waals surface area contributed by atoms with Crippen molar-refractivity contribution in [2.24, 2.45) is 11.3 Å². The van der Waals surface area contributed by atoms with Gasteiger partial charge in [-0.25, -0.2) is 5.84 Å². The number of rotatable bonds is 5. The average Bonchev–Trinajstić information content (AvgIpc) is 2.88. The standard InChI is InChI=1S/C12H23N5S/c1-3-12(4-2)5-7-17(8-6-12)9-10-15-16-11(14-13)18-10/h3-9,13H2,1-2H3,(H,14,16). The molecule has 0 aliphatic carbocycles. The van der Waals surface area contributed by atoms with Crippen molar-refractivity contribution >= 4 is 16.5 Å². The van der Waals surface area contributed by atoms with Crippen molar-refractivity contribution < 1.29 is 0 Å². The summed E-state index contributed by atoms with van der Waals surface area (Å²) in [6.07, 6.45) is 5.22. The summed E-state index contributed by atoms with van der Waals surface area (Å²) in [6, 6.07) is 0. The lowest BCUT2D eigenvalue weighted by atomic mass is 9.74. The van der Waals surface area contributed by atoms with Crippen LogP contribution >= 0.6 is 11.3 Å². The normalized spacial score (nSPS) is 19.9. The lowest BCUT2D eigenvalue weighted by molar-refractivity contribution is 0.0907. The molecule has 0 radical (unpaired) electrons. The van der Waals surface area contributed by atoms with E-state index in [2.05, 4.69) is 34.4 Å². The Balaban J connectivity index is 1.86. The Morgan fingerprint density at radius 3 is 2.44 bits per heavy atom. The highest BCUT2D eigenvalue weighted by Crippen LogP contribution is 2.38. The molecule has 1 aromatic rings. The van der Waals surface area contributed by atoms with Crippen molar-refractivity contribution in [2.75, 3.05) is 18.5 Å². The summed E-state index contributed by atoms with van der Waals surface area (Å²) in [5.41, 5.74) is 3.13. The highest BCUT2D eigenvalue weighted by atomic mass is 32.1. The van der Waals surface area contributed by atoms with Crippen LogP contribution in [0.5, 0.6) is 0 Å². The predicted octanol–water partition coefficient (Wildman–Crippen LogP) is 2.23. The second kappa shape index (κ2) is 5.95. The first-order chi connectivity index (χ1) is 8.71. The molecule has 0 bridgehead atoms. The van der Waals surface area contributed by atoms with Gasteiger partial charge in [-0.1, -0.05) is 38.0 Å². The first kappa shape index (κ1) is 13.7. The molecule has 5 nitrogen and oxygen atoms in total. The van der Waals surface area contributed by atoms with Crippen molar-refractivity contribution in [3.63, 3.8) is 0 Å². The third-order valence-electron chi connectivity index (χ3n) is 4.37. The average molecular weight is 269 g/mol. The second-order valence-electron chi connectivity index (χ2n) is 5.13. The van der Waals surface area contributed by atoms with E-state index >= 15 is 0 Å². The molecule has 0 atom stereocenters. The first-order valence-electron chi connectivity index (χ1n) is 6.72. The number of nitrogen functional groups attached to an aromatic ring is 1. The van der Waals surface area contributed by atoms with E-state index in [0.717, 1.165) is 11.6 Å². The lowest BCUT2D eigenvalue weighted by Gasteiger charge is -2.40. The predicted molar refractivity (Wildman–Crippen MR) is 75.2 cm³/mol. The van der Waals surface area contributed by atoms with Crippen molar-refractivity contribution in [2.45, 2.75) is 46.1 Å². The molecule has 0 unspecified atom stereocenters. The molecule has 0 amide bonds. The molecule has 6 heteroatoms. The number of anilines is 1. The fraction of sp³-hybridized carbons (Fsp3) is 0.833. The number of hydrogen-bond acceptors (Lipinski definition) is 6. The minimum absolute atomic E-state index is 0.585. The topological polar surface area (TPSA) is 67.1 Å². The molecule has 0 spiro atoms. The van der Waals surface area contributed by atoms with Crippen LogP contribution in [0.15, 0.2) is 0 Å². The van der Waals surface area contributed by atoms with E-state index in [1.54, 1.807) is 0 Å². The van der Waals surface area contributed by atoms with E-state index in [-0.39, 0.29) is 0 Å². The van der Waals surface area contributed by atoms with Crippen LogP contribution in [-0.2, 0) is 6.54 Å². The molecule has 102 valence electrons. The number of nitrogens with two attached hydrogens (primary N) is 1. The number of nitrogens with zero attached hydrogens (tertiary/aromatic N) is 3. The summed E-state index contributed by atoms with van der Waals surface area (Å²) in [5, 5.41) is 9.85. The van der Waals surface area contributed by atoms with Crippen LogP contribution in [0.1, 0.15) is 44.5 Å². The van der Waals surface area contributed by atoms with E-state index in [1.807, 2.05) is 0 Å². The van der Waals surface area contributed by atoms with Gasteiger partial charge in [-0.2, -0.15) is 0 Å². The summed E-state index contributed by atoms with van der Waals surface area (Å²) in [4.78, 5) is 2.48. The van der Waals surface area contributed by atoms with Crippen LogP contribution in [0.4, 0.5) is 5.13 Å². The van der Waals surface area contributed by atoms with E-state index < -0.39 is 0 Å². The molecule has 3 N–H and O–H groups in total. The maximum absolute atomic E-state index is 5.31. The molecule has 2 rings (SSSR count). The van der Waals surface area contributed by atoms with Gasteiger partial charge in [-0.15, -0.1) is 10.2 Å². The largest absolute Gasteiger partial charge is 0.298 e. The Kier molecular flexibility index (Phi) is 4.53. The van der Waals surface area contributed by atoms with Crippen molar-refractivity contribution in [1.82, 2.24) is 15.1 Å². The highest BCUT2D eigenvalue weighted by Gasteiger charge is 2.31. The lowest BCUT2D eigenvalue weighted by Crippen LogP contribution is -2.39. The molecule has 1 aliphatic heterocycles. The van der Waals surface area contributed by atoms with E-state index in [4.69, 9.17) is 5.84 Å². The van der Waals surface area contributed by atoms with E-state index in [9.17, 15) is 0 Å². The van der Waals surface area contributed by atoms with Crippen LogP contribution in [-0.4, -0.2) is 28.2 Å². The fourth-order valence-electron chi connectivity index (χ4n) is 2.71. The van der Waals surface area contributed by atoms with Gasteiger partial charge in [0.1, 0.15) is 5.01 Å². The molecule has 1 aromatic heterocycles. The number of aromatic nitrogens is 2. The molecule has 2 heterocycles. The molecule has 1 aliphatic rings. The van der Waals surface area contributed by atoms with Gasteiger partial charge >= 0.3 is 0 Å². The Hall–Kier alpha value is -0.720. The molecule has 1 fully saturated rings. The molecule has 1 saturated heterocycles. The monoisotopic (exact) mass is 269 g/mol. The quantitative estimate of drug-likeness (QED) is 0.634. The summed E-state index contributed by atoms with van der Waals surface area (Å²) >= 11 is 1.54. The Morgan fingerprint density at radius 1 is 1.28 bits per heavy atom.